The Balaban J connectivity index is 1.84. The highest BCUT2D eigenvalue weighted by molar-refractivity contribution is 5.56. The quantitative estimate of drug-likeness (QED) is 0.422. The number of hydrogen-bond acceptors (Lipinski definition) is 3. The van der Waals surface area contributed by atoms with Crippen LogP contribution in [-0.4, -0.2) is 24.5 Å². The maximum atomic E-state index is 4.50. The Bertz CT molecular complexity index is 1010. The third-order valence-electron chi connectivity index (χ3n) is 4.02. The zero-order chi connectivity index (χ0) is 16.5. The summed E-state index contributed by atoms with van der Waals surface area (Å²) in [6, 6.07) is 8.08. The molecule has 0 N–H and O–H groups in total. The van der Waals surface area contributed by atoms with Crippen molar-refractivity contribution in [3.05, 3.63) is 78.7 Å². The molecule has 24 heavy (non-hydrogen) atoms. The van der Waals surface area contributed by atoms with E-state index in [1.165, 1.54) is 0 Å². The molecule has 116 valence electrons. The highest BCUT2D eigenvalue weighted by Gasteiger charge is 2.22. The van der Waals surface area contributed by atoms with Gasteiger partial charge < -0.3 is 0 Å². The van der Waals surface area contributed by atoms with Crippen LogP contribution in [0.3, 0.4) is 0 Å². The number of benzene rings is 1. The molecule has 3 heterocycles. The molecule has 0 amide bonds. The summed E-state index contributed by atoms with van der Waals surface area (Å²) in [5.74, 6) is 6.28. The molecule has 4 rings (SSSR count). The number of aromatic nitrogens is 5. The topological polar surface area (TPSA) is 48.5 Å². The predicted octanol–water partition coefficient (Wildman–Crippen LogP) is 2.84. The van der Waals surface area contributed by atoms with Crippen LogP contribution in [0.5, 0.6) is 0 Å². The van der Waals surface area contributed by atoms with Crippen LogP contribution >= 0.6 is 0 Å². The Labute approximate surface area is 140 Å². The molecule has 1 aromatic carbocycles. The van der Waals surface area contributed by atoms with Gasteiger partial charge in [-0.15, -0.1) is 5.10 Å². The molecule has 2 aromatic heterocycles. The lowest BCUT2D eigenvalue weighted by atomic mass is 10.2. The number of para-hydroxylation sites is 2. The molecule has 0 saturated heterocycles. The molecule has 0 radical (unpaired) electrons. The van der Waals surface area contributed by atoms with E-state index in [1.807, 2.05) is 35.3 Å². The van der Waals surface area contributed by atoms with Crippen molar-refractivity contribution in [2.24, 2.45) is 0 Å². The van der Waals surface area contributed by atoms with Gasteiger partial charge in [-0.1, -0.05) is 42.5 Å². The second-order valence-corrected chi connectivity index (χ2v) is 5.55. The van der Waals surface area contributed by atoms with Crippen LogP contribution < -0.4 is 0 Å². The molecular formula is C19H15N5. The molecule has 0 unspecified atom stereocenters. The summed E-state index contributed by atoms with van der Waals surface area (Å²) in [5, 5.41) is 8.27. The Kier molecular flexibility index (Phi) is 3.36. The van der Waals surface area contributed by atoms with E-state index in [-0.39, 0.29) is 0 Å². The van der Waals surface area contributed by atoms with Crippen molar-refractivity contribution in [3.8, 4) is 23.2 Å². The molecule has 3 aromatic rings. The molecule has 1 aliphatic rings. The number of hydrogen-bond donors (Lipinski definition) is 0. The molecule has 0 atom stereocenters. The zero-order valence-corrected chi connectivity index (χ0v) is 13.1. The Morgan fingerprint density at radius 1 is 1.29 bits per heavy atom. The molecule has 0 aliphatic carbocycles. The zero-order valence-electron chi connectivity index (χ0n) is 13.1. The first-order valence-electron chi connectivity index (χ1n) is 7.62. The van der Waals surface area contributed by atoms with Gasteiger partial charge in [0.2, 0.25) is 0 Å². The highest BCUT2D eigenvalue weighted by atomic mass is 15.4. The number of rotatable bonds is 2. The minimum Gasteiger partial charge on any atom is -0.299 e. The Morgan fingerprint density at radius 2 is 2.12 bits per heavy atom. The summed E-state index contributed by atoms with van der Waals surface area (Å²) in [5.41, 5.74) is 5.74. The van der Waals surface area contributed by atoms with Gasteiger partial charge >= 0.3 is 0 Å². The first-order valence-corrected chi connectivity index (χ1v) is 7.62. The van der Waals surface area contributed by atoms with Gasteiger partial charge in [-0.25, -0.2) is 9.67 Å². The van der Waals surface area contributed by atoms with E-state index in [0.29, 0.717) is 12.8 Å². The van der Waals surface area contributed by atoms with E-state index in [2.05, 4.69) is 44.9 Å². The summed E-state index contributed by atoms with van der Waals surface area (Å²) in [6.07, 6.45) is 6.60. The van der Waals surface area contributed by atoms with E-state index in [9.17, 15) is 0 Å². The number of fused-ring (bicyclic) bond motifs is 5. The monoisotopic (exact) mass is 313 g/mol. The van der Waals surface area contributed by atoms with Crippen LogP contribution in [0.15, 0.2) is 61.6 Å². The summed E-state index contributed by atoms with van der Waals surface area (Å²) in [4.78, 5) is 4.50. The normalized spacial score (nSPS) is 11.3. The fourth-order valence-electron chi connectivity index (χ4n) is 2.77. The molecule has 0 bridgehead atoms. The molecule has 0 saturated carbocycles. The predicted molar refractivity (Wildman–Crippen MR) is 92.1 cm³/mol. The van der Waals surface area contributed by atoms with E-state index in [4.69, 9.17) is 0 Å². The minimum absolute atomic E-state index is 0.589. The lowest BCUT2D eigenvalue weighted by molar-refractivity contribution is 0.778. The summed E-state index contributed by atoms with van der Waals surface area (Å²) < 4.78 is 3.95. The van der Waals surface area contributed by atoms with Gasteiger partial charge in [0.25, 0.3) is 0 Å². The maximum absolute atomic E-state index is 4.50. The van der Waals surface area contributed by atoms with Crippen LogP contribution in [0.25, 0.3) is 11.4 Å². The highest BCUT2D eigenvalue weighted by Crippen LogP contribution is 2.27. The van der Waals surface area contributed by atoms with Crippen molar-refractivity contribution in [3.63, 3.8) is 0 Å². The summed E-state index contributed by atoms with van der Waals surface area (Å²) in [7, 11) is 0. The number of imidazole rings is 1. The van der Waals surface area contributed by atoms with Gasteiger partial charge in [-0.3, -0.25) is 4.57 Å². The molecule has 5 nitrogen and oxygen atoms in total. The van der Waals surface area contributed by atoms with Gasteiger partial charge in [0.15, 0.2) is 0 Å². The van der Waals surface area contributed by atoms with Crippen LogP contribution in [0.4, 0.5) is 0 Å². The van der Waals surface area contributed by atoms with E-state index < -0.39 is 0 Å². The number of nitrogens with zero attached hydrogens (tertiary/aromatic N) is 5. The van der Waals surface area contributed by atoms with Gasteiger partial charge in [-0.2, -0.15) is 0 Å². The fourth-order valence-corrected chi connectivity index (χ4v) is 2.77. The van der Waals surface area contributed by atoms with E-state index in [0.717, 1.165) is 34.0 Å². The van der Waals surface area contributed by atoms with Gasteiger partial charge in [0, 0.05) is 12.8 Å². The first kappa shape index (κ1) is 14.2. The van der Waals surface area contributed by atoms with Crippen molar-refractivity contribution in [1.29, 1.82) is 0 Å². The Morgan fingerprint density at radius 3 is 2.96 bits per heavy atom. The van der Waals surface area contributed by atoms with Crippen LogP contribution in [0.1, 0.15) is 23.5 Å². The minimum atomic E-state index is 0.589. The van der Waals surface area contributed by atoms with Gasteiger partial charge in [0.1, 0.15) is 12.0 Å². The summed E-state index contributed by atoms with van der Waals surface area (Å²) in [6.45, 7) is 7.58. The molecular weight excluding hydrogens is 298 g/mol. The number of allylic oxidation sites excluding steroid dienone is 2. The largest absolute Gasteiger partial charge is 0.299 e. The average Bonchev–Trinajstić information content (AvgIpc) is 3.20. The van der Waals surface area contributed by atoms with Crippen molar-refractivity contribution in [2.75, 3.05) is 0 Å². The van der Waals surface area contributed by atoms with E-state index in [1.54, 1.807) is 12.3 Å². The maximum Gasteiger partial charge on any atom is 0.135 e. The SMILES string of the molecule is C=CC(=C)CC#Cc1ncn2c1Cc1cnnn1-c1ccccc1-2. The second kappa shape index (κ2) is 5.67. The molecule has 0 fully saturated rings. The second-order valence-electron chi connectivity index (χ2n) is 5.55. The average molecular weight is 313 g/mol. The fraction of sp³-hybridized carbons (Fsp3) is 0.105. The molecule has 5 heteroatoms. The smallest absolute Gasteiger partial charge is 0.135 e. The Hall–Kier alpha value is -3.39. The van der Waals surface area contributed by atoms with Crippen LogP contribution in [0, 0.1) is 11.8 Å². The lowest BCUT2D eigenvalue weighted by Gasteiger charge is -2.08. The third-order valence-corrected chi connectivity index (χ3v) is 4.02. The van der Waals surface area contributed by atoms with Gasteiger partial charge in [0.05, 0.1) is 29.0 Å². The molecule has 1 aliphatic heterocycles. The van der Waals surface area contributed by atoms with Gasteiger partial charge in [-0.05, 0) is 23.6 Å². The molecule has 0 spiro atoms. The van der Waals surface area contributed by atoms with E-state index >= 15 is 0 Å². The standard InChI is InChI=1S/C19H15N5/c1-3-14(2)7-6-8-16-19-11-15-12-21-22-24(15)18-10-5-4-9-17(18)23(19)13-20-16/h3-5,9-10,12-13H,1-2,7,11H2. The van der Waals surface area contributed by atoms with Crippen molar-refractivity contribution in [2.45, 2.75) is 12.8 Å². The van der Waals surface area contributed by atoms with Crippen molar-refractivity contribution >= 4 is 0 Å². The van der Waals surface area contributed by atoms with Crippen molar-refractivity contribution in [1.82, 2.24) is 24.5 Å². The first-order chi connectivity index (χ1) is 11.8. The lowest BCUT2D eigenvalue weighted by Crippen LogP contribution is -2.02. The van der Waals surface area contributed by atoms with Crippen LogP contribution in [-0.2, 0) is 6.42 Å². The third kappa shape index (κ3) is 2.25. The summed E-state index contributed by atoms with van der Waals surface area (Å²) >= 11 is 0. The van der Waals surface area contributed by atoms with Crippen LogP contribution in [0.2, 0.25) is 0 Å². The van der Waals surface area contributed by atoms with Crippen molar-refractivity contribution < 1.29 is 0 Å².